The number of nitrogens with two attached hydrogens (primary N) is 1. The van der Waals surface area contributed by atoms with E-state index in [4.69, 9.17) is 15.2 Å². The molecule has 1 saturated carbocycles. The molecule has 1 fully saturated rings. The number of hydrogen-bond donors (Lipinski definition) is 2. The molecule has 0 aromatic heterocycles. The van der Waals surface area contributed by atoms with Crippen LogP contribution in [0.3, 0.4) is 0 Å². The van der Waals surface area contributed by atoms with E-state index in [1.54, 1.807) is 14.2 Å². The molecule has 1 aliphatic rings. The number of benzene rings is 1. The molecule has 4 nitrogen and oxygen atoms in total. The van der Waals surface area contributed by atoms with Crippen molar-refractivity contribution in [2.45, 2.75) is 25.0 Å². The Kier molecular flexibility index (Phi) is 5.26. The van der Waals surface area contributed by atoms with Gasteiger partial charge in [-0.3, -0.25) is 0 Å². The van der Waals surface area contributed by atoms with Crippen molar-refractivity contribution in [3.8, 4) is 11.5 Å². The standard InChI is InChI=1S/C13H19NO3.ClH/c1-16-10-5-3-4-9(13(10)17-2)11(14)12(15)8-6-7-8;/h3-5,8,11-12,15H,6-7,14H2,1-2H3;1H/t11-,12+;/m0./s1. The molecule has 2 atom stereocenters. The van der Waals surface area contributed by atoms with Crippen LogP contribution in [0.2, 0.25) is 0 Å². The molecule has 3 N–H and O–H groups in total. The van der Waals surface area contributed by atoms with Crippen molar-refractivity contribution < 1.29 is 14.6 Å². The molecule has 0 bridgehead atoms. The topological polar surface area (TPSA) is 64.7 Å². The predicted molar refractivity (Wildman–Crippen MR) is 72.5 cm³/mol. The fourth-order valence-electron chi connectivity index (χ4n) is 2.09. The third-order valence-electron chi connectivity index (χ3n) is 3.27. The first kappa shape index (κ1) is 15.1. The maximum absolute atomic E-state index is 10.1. The van der Waals surface area contributed by atoms with Gasteiger partial charge < -0.3 is 20.3 Å². The minimum Gasteiger partial charge on any atom is -0.493 e. The Morgan fingerprint density at radius 1 is 1.28 bits per heavy atom. The maximum Gasteiger partial charge on any atom is 0.165 e. The number of ether oxygens (including phenoxy) is 2. The molecule has 102 valence electrons. The normalized spacial score (nSPS) is 17.6. The molecule has 0 heterocycles. The zero-order valence-corrected chi connectivity index (χ0v) is 11.4. The summed E-state index contributed by atoms with van der Waals surface area (Å²) in [5.74, 6) is 1.59. The van der Waals surface area contributed by atoms with Crippen LogP contribution in [0.5, 0.6) is 11.5 Å². The average Bonchev–Trinajstić information content (AvgIpc) is 3.20. The number of halogens is 1. The van der Waals surface area contributed by atoms with E-state index < -0.39 is 12.1 Å². The van der Waals surface area contributed by atoms with E-state index in [1.165, 1.54) is 0 Å². The quantitative estimate of drug-likeness (QED) is 0.860. The second-order valence-corrected chi connectivity index (χ2v) is 4.44. The molecule has 0 spiro atoms. The lowest BCUT2D eigenvalue weighted by Crippen LogP contribution is -2.28. The molecule has 0 radical (unpaired) electrons. The first-order chi connectivity index (χ1) is 8.19. The first-order valence-corrected chi connectivity index (χ1v) is 5.83. The van der Waals surface area contributed by atoms with E-state index in [0.29, 0.717) is 17.4 Å². The Balaban J connectivity index is 0.00000162. The van der Waals surface area contributed by atoms with E-state index in [1.807, 2.05) is 18.2 Å². The van der Waals surface area contributed by atoms with Gasteiger partial charge in [-0.2, -0.15) is 0 Å². The van der Waals surface area contributed by atoms with Crippen LogP contribution in [0.15, 0.2) is 18.2 Å². The molecule has 18 heavy (non-hydrogen) atoms. The lowest BCUT2D eigenvalue weighted by Gasteiger charge is -2.22. The molecule has 0 aliphatic heterocycles. The second kappa shape index (κ2) is 6.27. The molecule has 0 unspecified atom stereocenters. The third-order valence-corrected chi connectivity index (χ3v) is 3.27. The summed E-state index contributed by atoms with van der Waals surface area (Å²) >= 11 is 0. The van der Waals surface area contributed by atoms with Gasteiger partial charge in [0.15, 0.2) is 11.5 Å². The van der Waals surface area contributed by atoms with Gasteiger partial charge in [0.2, 0.25) is 0 Å². The largest absolute Gasteiger partial charge is 0.493 e. The van der Waals surface area contributed by atoms with Crippen LogP contribution in [0.1, 0.15) is 24.4 Å². The van der Waals surface area contributed by atoms with E-state index in [9.17, 15) is 5.11 Å². The highest BCUT2D eigenvalue weighted by Crippen LogP contribution is 2.41. The molecule has 5 heteroatoms. The Labute approximate surface area is 113 Å². The van der Waals surface area contributed by atoms with Crippen LogP contribution in [0.25, 0.3) is 0 Å². The Bertz CT molecular complexity index is 396. The van der Waals surface area contributed by atoms with E-state index in [-0.39, 0.29) is 12.4 Å². The van der Waals surface area contributed by atoms with Gasteiger partial charge in [-0.05, 0) is 24.8 Å². The number of aliphatic hydroxyl groups excluding tert-OH is 1. The zero-order valence-electron chi connectivity index (χ0n) is 10.6. The summed E-state index contributed by atoms with van der Waals surface area (Å²) in [4.78, 5) is 0. The van der Waals surface area contributed by atoms with Crippen molar-refractivity contribution in [3.05, 3.63) is 23.8 Å². The van der Waals surface area contributed by atoms with Crippen molar-refractivity contribution >= 4 is 12.4 Å². The maximum atomic E-state index is 10.1. The fourth-order valence-corrected chi connectivity index (χ4v) is 2.09. The number of rotatable bonds is 5. The van der Waals surface area contributed by atoms with Crippen LogP contribution >= 0.6 is 12.4 Å². The van der Waals surface area contributed by atoms with Crippen molar-refractivity contribution in [2.75, 3.05) is 14.2 Å². The molecule has 1 aromatic rings. The monoisotopic (exact) mass is 273 g/mol. The molecule has 2 rings (SSSR count). The van der Waals surface area contributed by atoms with Gasteiger partial charge in [0.1, 0.15) is 0 Å². The predicted octanol–water partition coefficient (Wildman–Crippen LogP) is 1.90. The lowest BCUT2D eigenvalue weighted by molar-refractivity contribution is 0.121. The lowest BCUT2D eigenvalue weighted by atomic mass is 9.98. The summed E-state index contributed by atoms with van der Waals surface area (Å²) in [5, 5.41) is 10.1. The molecule has 0 amide bonds. The number of aliphatic hydroxyl groups is 1. The smallest absolute Gasteiger partial charge is 0.165 e. The number of para-hydroxylation sites is 1. The van der Waals surface area contributed by atoms with Crippen molar-refractivity contribution in [2.24, 2.45) is 11.7 Å². The Hall–Kier alpha value is -0.970. The zero-order chi connectivity index (χ0) is 12.4. The summed E-state index contributed by atoms with van der Waals surface area (Å²) in [5.41, 5.74) is 6.89. The Morgan fingerprint density at radius 2 is 1.94 bits per heavy atom. The van der Waals surface area contributed by atoms with Crippen molar-refractivity contribution in [3.63, 3.8) is 0 Å². The molecule has 1 aromatic carbocycles. The SMILES string of the molecule is COc1cccc([C@H](N)[C@H](O)C2CC2)c1OC.Cl. The van der Waals surface area contributed by atoms with Crippen molar-refractivity contribution in [1.29, 1.82) is 0 Å². The highest BCUT2D eigenvalue weighted by molar-refractivity contribution is 5.85. The van der Waals surface area contributed by atoms with E-state index in [2.05, 4.69) is 0 Å². The summed E-state index contributed by atoms with van der Waals surface area (Å²) in [6, 6.07) is 5.12. The second-order valence-electron chi connectivity index (χ2n) is 4.44. The van der Waals surface area contributed by atoms with Gasteiger partial charge in [-0.25, -0.2) is 0 Å². The third kappa shape index (κ3) is 2.88. The first-order valence-electron chi connectivity index (χ1n) is 5.83. The summed E-state index contributed by atoms with van der Waals surface area (Å²) in [6.07, 6.45) is 1.61. The summed E-state index contributed by atoms with van der Waals surface area (Å²) in [6.45, 7) is 0. The van der Waals surface area contributed by atoms with Gasteiger partial charge in [0.25, 0.3) is 0 Å². The summed E-state index contributed by atoms with van der Waals surface area (Å²) in [7, 11) is 3.17. The fraction of sp³-hybridized carbons (Fsp3) is 0.538. The minimum absolute atomic E-state index is 0. The van der Waals surface area contributed by atoms with E-state index in [0.717, 1.165) is 18.4 Å². The number of hydrogen-bond acceptors (Lipinski definition) is 4. The molecular weight excluding hydrogens is 254 g/mol. The highest BCUT2D eigenvalue weighted by atomic mass is 35.5. The van der Waals surface area contributed by atoms with Crippen LogP contribution in [-0.2, 0) is 0 Å². The van der Waals surface area contributed by atoms with Gasteiger partial charge in [0, 0.05) is 5.56 Å². The van der Waals surface area contributed by atoms with Crippen LogP contribution in [-0.4, -0.2) is 25.4 Å². The summed E-state index contributed by atoms with van der Waals surface area (Å²) < 4.78 is 10.5. The van der Waals surface area contributed by atoms with Gasteiger partial charge >= 0.3 is 0 Å². The number of methoxy groups -OCH3 is 2. The molecular formula is C13H20ClNO3. The molecule has 1 aliphatic carbocycles. The highest BCUT2D eigenvalue weighted by Gasteiger charge is 2.35. The van der Waals surface area contributed by atoms with Crippen LogP contribution < -0.4 is 15.2 Å². The van der Waals surface area contributed by atoms with Gasteiger partial charge in [0.05, 0.1) is 26.4 Å². The average molecular weight is 274 g/mol. The van der Waals surface area contributed by atoms with E-state index >= 15 is 0 Å². The van der Waals surface area contributed by atoms with Crippen LogP contribution in [0, 0.1) is 5.92 Å². The van der Waals surface area contributed by atoms with Crippen LogP contribution in [0.4, 0.5) is 0 Å². The Morgan fingerprint density at radius 3 is 2.44 bits per heavy atom. The van der Waals surface area contributed by atoms with Gasteiger partial charge in [-0.1, -0.05) is 12.1 Å². The van der Waals surface area contributed by atoms with Crippen molar-refractivity contribution in [1.82, 2.24) is 0 Å². The molecule has 0 saturated heterocycles. The minimum atomic E-state index is -0.504. The van der Waals surface area contributed by atoms with Gasteiger partial charge in [-0.15, -0.1) is 12.4 Å².